The van der Waals surface area contributed by atoms with Crippen molar-refractivity contribution in [2.24, 2.45) is 5.92 Å². The number of alkyl halides is 2. The average Bonchev–Trinajstić information content (AvgIpc) is 2.60. The van der Waals surface area contributed by atoms with Crippen LogP contribution in [0, 0.1) is 5.92 Å². The van der Waals surface area contributed by atoms with E-state index in [-0.39, 0.29) is 6.42 Å². The van der Waals surface area contributed by atoms with E-state index in [4.69, 9.17) is 4.74 Å². The number of carbonyl (C=O) groups is 2. The van der Waals surface area contributed by atoms with Crippen LogP contribution in [0.4, 0.5) is 8.78 Å². The third kappa shape index (κ3) is 2.05. The fourth-order valence-electron chi connectivity index (χ4n) is 2.64. The fraction of sp³-hybridized carbons (Fsp3) is 0.692. The number of allylic oxidation sites excluding steroid dienone is 1. The van der Waals surface area contributed by atoms with Crippen LogP contribution in [0.1, 0.15) is 26.7 Å². The van der Waals surface area contributed by atoms with Crippen molar-refractivity contribution in [3.8, 4) is 0 Å². The van der Waals surface area contributed by atoms with Gasteiger partial charge in [-0.25, -0.2) is 8.78 Å². The molecule has 112 valence electrons. The third-order valence-electron chi connectivity index (χ3n) is 4.20. The number of halogens is 2. The van der Waals surface area contributed by atoms with E-state index in [2.05, 4.69) is 0 Å². The molecule has 0 unspecified atom stereocenters. The molecule has 0 bridgehead atoms. The van der Waals surface area contributed by atoms with Crippen molar-refractivity contribution in [3.63, 3.8) is 0 Å². The molecule has 1 saturated heterocycles. The van der Waals surface area contributed by atoms with E-state index >= 15 is 0 Å². The molecule has 3 atom stereocenters. The maximum Gasteiger partial charge on any atom is 0.297 e. The van der Waals surface area contributed by atoms with Gasteiger partial charge < -0.3 is 9.84 Å². The Balaban J connectivity index is 2.35. The number of amides is 1. The summed E-state index contributed by atoms with van der Waals surface area (Å²) in [5.41, 5.74) is -1.39. The predicted molar refractivity (Wildman–Crippen MR) is 64.7 cm³/mol. The van der Waals surface area contributed by atoms with Crippen LogP contribution in [0.3, 0.4) is 0 Å². The second kappa shape index (κ2) is 4.89. The molecule has 7 heteroatoms. The molecule has 2 heterocycles. The summed E-state index contributed by atoms with van der Waals surface area (Å²) in [4.78, 5) is 23.6. The standard InChI is InChI=1S/C13H17F2NO4/c1-3-12(7-17)8(2)13(14,15)11(20-12)16-5-4-9(18)6-10(16)19/h4-5,8,11,17H,3,6-7H2,1-2H3/t8-,11-,12+/m1/s1. The number of ether oxygens (including phenoxy) is 1. The van der Waals surface area contributed by atoms with Crippen LogP contribution < -0.4 is 0 Å². The van der Waals surface area contributed by atoms with Gasteiger partial charge in [0, 0.05) is 6.20 Å². The average molecular weight is 289 g/mol. The summed E-state index contributed by atoms with van der Waals surface area (Å²) < 4.78 is 34.1. The zero-order chi connectivity index (χ0) is 15.1. The molecule has 0 radical (unpaired) electrons. The van der Waals surface area contributed by atoms with Crippen LogP contribution in [0.5, 0.6) is 0 Å². The first-order valence-electron chi connectivity index (χ1n) is 6.47. The van der Waals surface area contributed by atoms with Gasteiger partial charge in [0.2, 0.25) is 12.1 Å². The highest BCUT2D eigenvalue weighted by molar-refractivity contribution is 6.06. The van der Waals surface area contributed by atoms with Crippen molar-refractivity contribution >= 4 is 11.7 Å². The van der Waals surface area contributed by atoms with Crippen LogP contribution in [0.25, 0.3) is 0 Å². The van der Waals surface area contributed by atoms with E-state index in [1.807, 2.05) is 0 Å². The predicted octanol–water partition coefficient (Wildman–Crippen LogP) is 1.07. The molecule has 1 fully saturated rings. The van der Waals surface area contributed by atoms with Gasteiger partial charge in [-0.2, -0.15) is 0 Å². The molecule has 5 nitrogen and oxygen atoms in total. The number of hydrogen-bond donors (Lipinski definition) is 1. The lowest BCUT2D eigenvalue weighted by Crippen LogP contribution is -2.48. The third-order valence-corrected chi connectivity index (χ3v) is 4.20. The first-order valence-corrected chi connectivity index (χ1v) is 6.47. The molecule has 0 aromatic rings. The van der Waals surface area contributed by atoms with Crippen LogP contribution in [0.2, 0.25) is 0 Å². The molecule has 0 spiro atoms. The maximum atomic E-state index is 14.4. The number of carbonyl (C=O) groups excluding carboxylic acids is 2. The monoisotopic (exact) mass is 289 g/mol. The lowest BCUT2D eigenvalue weighted by atomic mass is 9.85. The summed E-state index contributed by atoms with van der Waals surface area (Å²) >= 11 is 0. The van der Waals surface area contributed by atoms with Crippen molar-refractivity contribution in [1.82, 2.24) is 4.90 Å². The van der Waals surface area contributed by atoms with Crippen LogP contribution in [-0.4, -0.2) is 46.1 Å². The summed E-state index contributed by atoms with van der Waals surface area (Å²) in [5.74, 6) is -5.70. The number of aliphatic hydroxyl groups is 1. The highest BCUT2D eigenvalue weighted by Crippen LogP contribution is 2.49. The fourth-order valence-corrected chi connectivity index (χ4v) is 2.64. The van der Waals surface area contributed by atoms with E-state index in [9.17, 15) is 23.5 Å². The molecule has 0 aliphatic carbocycles. The molecule has 2 aliphatic heterocycles. The lowest BCUT2D eigenvalue weighted by molar-refractivity contribution is -0.177. The molecule has 20 heavy (non-hydrogen) atoms. The molecule has 2 rings (SSSR count). The molecule has 1 N–H and O–H groups in total. The summed E-state index contributed by atoms with van der Waals surface area (Å²) in [6.45, 7) is 2.38. The highest BCUT2D eigenvalue weighted by atomic mass is 19.3. The quantitative estimate of drug-likeness (QED) is 0.789. The van der Waals surface area contributed by atoms with Gasteiger partial charge in [0.25, 0.3) is 5.92 Å². The van der Waals surface area contributed by atoms with E-state index < -0.39 is 48.4 Å². The zero-order valence-corrected chi connectivity index (χ0v) is 11.3. The minimum absolute atomic E-state index is 0.196. The Morgan fingerprint density at radius 1 is 1.50 bits per heavy atom. The SMILES string of the molecule is CC[C@@]1(CO)O[C@@H](N2C=CC(=O)CC2=O)C(F)(F)[C@@H]1C. The molecule has 2 aliphatic rings. The Morgan fingerprint density at radius 2 is 2.15 bits per heavy atom. The lowest BCUT2D eigenvalue weighted by Gasteiger charge is -2.31. The van der Waals surface area contributed by atoms with Gasteiger partial charge >= 0.3 is 0 Å². The van der Waals surface area contributed by atoms with E-state index in [0.717, 1.165) is 17.2 Å². The van der Waals surface area contributed by atoms with Gasteiger partial charge in [-0.15, -0.1) is 0 Å². The molecule has 0 saturated carbocycles. The van der Waals surface area contributed by atoms with Gasteiger partial charge in [0.1, 0.15) is 5.60 Å². The van der Waals surface area contributed by atoms with Gasteiger partial charge in [-0.3, -0.25) is 14.5 Å². The van der Waals surface area contributed by atoms with Crippen molar-refractivity contribution in [1.29, 1.82) is 0 Å². The molecular weight excluding hydrogens is 272 g/mol. The van der Waals surface area contributed by atoms with Crippen LogP contribution >= 0.6 is 0 Å². The van der Waals surface area contributed by atoms with Crippen molar-refractivity contribution in [3.05, 3.63) is 12.3 Å². The van der Waals surface area contributed by atoms with Crippen molar-refractivity contribution in [2.45, 2.75) is 44.4 Å². The minimum Gasteiger partial charge on any atom is -0.393 e. The van der Waals surface area contributed by atoms with Gasteiger partial charge in [0.15, 0.2) is 5.78 Å². The van der Waals surface area contributed by atoms with E-state index in [1.54, 1.807) is 6.92 Å². The number of hydrogen-bond acceptors (Lipinski definition) is 4. The van der Waals surface area contributed by atoms with E-state index in [0.29, 0.717) is 0 Å². The van der Waals surface area contributed by atoms with Crippen LogP contribution in [0.15, 0.2) is 12.3 Å². The molecule has 0 aromatic heterocycles. The molecular formula is C13H17F2NO4. The maximum absolute atomic E-state index is 14.4. The van der Waals surface area contributed by atoms with Crippen molar-refractivity contribution < 1.29 is 28.2 Å². The van der Waals surface area contributed by atoms with Gasteiger partial charge in [-0.1, -0.05) is 13.8 Å². The van der Waals surface area contributed by atoms with E-state index in [1.165, 1.54) is 6.92 Å². The Hall–Kier alpha value is -1.34. The largest absolute Gasteiger partial charge is 0.393 e. The Labute approximate surface area is 115 Å². The first kappa shape index (κ1) is 15.1. The second-order valence-electron chi connectivity index (χ2n) is 5.20. The number of aliphatic hydroxyl groups excluding tert-OH is 1. The number of rotatable bonds is 3. The topological polar surface area (TPSA) is 66.8 Å². The molecule has 1 amide bonds. The Kier molecular flexibility index (Phi) is 3.68. The van der Waals surface area contributed by atoms with Gasteiger partial charge in [-0.05, 0) is 12.5 Å². The second-order valence-corrected chi connectivity index (χ2v) is 5.20. The first-order chi connectivity index (χ1) is 9.28. The summed E-state index contributed by atoms with van der Waals surface area (Å²) in [7, 11) is 0. The minimum atomic E-state index is -3.31. The summed E-state index contributed by atoms with van der Waals surface area (Å²) in [6.07, 6.45) is 0.0703. The number of ketones is 1. The van der Waals surface area contributed by atoms with Crippen molar-refractivity contribution in [2.75, 3.05) is 6.61 Å². The Morgan fingerprint density at radius 3 is 2.60 bits per heavy atom. The Bertz CT molecular complexity index is 459. The number of nitrogens with zero attached hydrogens (tertiary/aromatic N) is 1. The summed E-state index contributed by atoms with van der Waals surface area (Å²) in [6, 6.07) is 0. The van der Waals surface area contributed by atoms with Crippen LogP contribution in [-0.2, 0) is 14.3 Å². The molecule has 0 aromatic carbocycles. The smallest absolute Gasteiger partial charge is 0.297 e. The summed E-state index contributed by atoms with van der Waals surface area (Å²) in [5, 5.41) is 9.41. The highest BCUT2D eigenvalue weighted by Gasteiger charge is 2.65. The normalized spacial score (nSPS) is 36.8. The van der Waals surface area contributed by atoms with Gasteiger partial charge in [0.05, 0.1) is 18.9 Å². The zero-order valence-electron chi connectivity index (χ0n) is 11.3.